The molecular weight excluding hydrogens is 402 g/mol. The lowest BCUT2D eigenvalue weighted by atomic mass is 10.1. The van der Waals surface area contributed by atoms with E-state index >= 15 is 0 Å². The number of sulfonamides is 1. The molecule has 0 atom stereocenters. The van der Waals surface area contributed by atoms with E-state index in [4.69, 9.17) is 16.3 Å². The van der Waals surface area contributed by atoms with Gasteiger partial charge < -0.3 is 4.74 Å². The van der Waals surface area contributed by atoms with E-state index in [1.165, 1.54) is 6.07 Å². The predicted molar refractivity (Wildman–Crippen MR) is 94.9 cm³/mol. The van der Waals surface area contributed by atoms with E-state index in [0.29, 0.717) is 13.2 Å². The number of ether oxygens (including phenoxy) is 1. The number of hydrogen-bond acceptors (Lipinski definition) is 3. The second kappa shape index (κ2) is 8.26. The molecule has 1 N–H and O–H groups in total. The molecule has 2 aromatic rings. The maximum atomic E-state index is 12.3. The Morgan fingerprint density at radius 3 is 2.39 bits per heavy atom. The zero-order chi connectivity index (χ0) is 16.9. The normalized spacial score (nSPS) is 11.6. The van der Waals surface area contributed by atoms with Crippen LogP contribution in [-0.2, 0) is 27.9 Å². The largest absolute Gasteiger partial charge is 0.377 e. The van der Waals surface area contributed by atoms with Gasteiger partial charge in [-0.15, -0.1) is 0 Å². The average Bonchev–Trinajstić information content (AvgIpc) is 2.51. The van der Waals surface area contributed by atoms with Gasteiger partial charge in [0.1, 0.15) is 4.90 Å². The van der Waals surface area contributed by atoms with Crippen molar-refractivity contribution in [3.05, 3.63) is 63.1 Å². The summed E-state index contributed by atoms with van der Waals surface area (Å²) in [5, 5.41) is 0.180. The van der Waals surface area contributed by atoms with Crippen LogP contribution in [0.4, 0.5) is 0 Å². The molecule has 2 rings (SSSR count). The molecule has 0 amide bonds. The summed E-state index contributed by atoms with van der Waals surface area (Å²) in [6, 6.07) is 12.3. The zero-order valence-corrected chi connectivity index (χ0v) is 15.7. The van der Waals surface area contributed by atoms with Gasteiger partial charge in [-0.25, -0.2) is 13.1 Å². The summed E-state index contributed by atoms with van der Waals surface area (Å²) in [5.74, 6) is 0. The fraction of sp³-hybridized carbons (Fsp3) is 0.250. The lowest BCUT2D eigenvalue weighted by Gasteiger charge is -2.09. The monoisotopic (exact) mass is 417 g/mol. The number of hydrogen-bond donors (Lipinski definition) is 1. The van der Waals surface area contributed by atoms with Gasteiger partial charge in [-0.05, 0) is 36.2 Å². The maximum absolute atomic E-state index is 12.3. The van der Waals surface area contributed by atoms with Gasteiger partial charge in [-0.1, -0.05) is 51.8 Å². The van der Waals surface area contributed by atoms with Crippen molar-refractivity contribution in [3.63, 3.8) is 0 Å². The lowest BCUT2D eigenvalue weighted by molar-refractivity contribution is 0.134. The highest BCUT2D eigenvalue weighted by Gasteiger charge is 2.17. The molecule has 0 spiro atoms. The topological polar surface area (TPSA) is 55.4 Å². The second-order valence-electron chi connectivity index (χ2n) is 4.85. The highest BCUT2D eigenvalue weighted by atomic mass is 79.9. The van der Waals surface area contributed by atoms with Gasteiger partial charge in [0.2, 0.25) is 10.0 Å². The predicted octanol–water partition coefficient (Wildman–Crippen LogP) is 4.12. The average molecular weight is 419 g/mol. The van der Waals surface area contributed by atoms with Gasteiger partial charge in [0.25, 0.3) is 0 Å². The Kier molecular flexibility index (Phi) is 6.61. The molecule has 0 aliphatic heterocycles. The minimum absolute atomic E-state index is 0.0651. The molecule has 0 aliphatic carbocycles. The van der Waals surface area contributed by atoms with E-state index in [9.17, 15) is 8.42 Å². The highest BCUT2D eigenvalue weighted by molar-refractivity contribution is 9.10. The van der Waals surface area contributed by atoms with Crippen LogP contribution in [0.25, 0.3) is 0 Å². The molecule has 0 unspecified atom stereocenters. The third-order valence-corrected chi connectivity index (χ3v) is 5.52. The van der Waals surface area contributed by atoms with E-state index in [2.05, 4.69) is 20.7 Å². The summed E-state index contributed by atoms with van der Waals surface area (Å²) < 4.78 is 33.2. The molecule has 0 bridgehead atoms. The molecular formula is C16H17BrClNO3S. The summed E-state index contributed by atoms with van der Waals surface area (Å²) in [4.78, 5) is 0.0651. The highest BCUT2D eigenvalue weighted by Crippen LogP contribution is 2.25. The van der Waals surface area contributed by atoms with Crippen molar-refractivity contribution in [3.8, 4) is 0 Å². The van der Waals surface area contributed by atoms with Crippen molar-refractivity contribution >= 4 is 37.6 Å². The zero-order valence-electron chi connectivity index (χ0n) is 12.6. The molecule has 0 saturated carbocycles. The Morgan fingerprint density at radius 1 is 1.13 bits per heavy atom. The van der Waals surface area contributed by atoms with Crippen molar-refractivity contribution in [2.24, 2.45) is 0 Å². The van der Waals surface area contributed by atoms with Crippen molar-refractivity contribution in [1.29, 1.82) is 0 Å². The van der Waals surface area contributed by atoms with Crippen LogP contribution < -0.4 is 4.72 Å². The van der Waals surface area contributed by atoms with Crippen LogP contribution in [0, 0.1) is 0 Å². The molecule has 2 aromatic carbocycles. The van der Waals surface area contributed by atoms with Gasteiger partial charge in [0, 0.05) is 17.6 Å². The fourth-order valence-electron chi connectivity index (χ4n) is 1.92. The molecule has 0 heterocycles. The quantitative estimate of drug-likeness (QED) is 0.736. The molecule has 0 aliphatic rings. The Labute approximate surface area is 150 Å². The van der Waals surface area contributed by atoms with Gasteiger partial charge in [0.15, 0.2) is 0 Å². The molecule has 0 fully saturated rings. The van der Waals surface area contributed by atoms with E-state index in [-0.39, 0.29) is 16.5 Å². The Balaban J connectivity index is 2.04. The molecule has 0 aromatic heterocycles. The first-order valence-electron chi connectivity index (χ1n) is 7.02. The van der Waals surface area contributed by atoms with Gasteiger partial charge in [0.05, 0.1) is 11.6 Å². The van der Waals surface area contributed by atoms with Crippen molar-refractivity contribution in [2.75, 3.05) is 6.61 Å². The van der Waals surface area contributed by atoms with Crippen LogP contribution in [0.2, 0.25) is 5.02 Å². The van der Waals surface area contributed by atoms with Crippen LogP contribution in [0.1, 0.15) is 18.1 Å². The summed E-state index contributed by atoms with van der Waals surface area (Å²) in [6.07, 6.45) is 0. The molecule has 7 heteroatoms. The van der Waals surface area contributed by atoms with Crippen molar-refractivity contribution in [2.45, 2.75) is 25.0 Å². The maximum Gasteiger partial charge on any atom is 0.242 e. The summed E-state index contributed by atoms with van der Waals surface area (Å²) in [7, 11) is -3.66. The molecule has 4 nitrogen and oxygen atoms in total. The minimum atomic E-state index is -3.66. The lowest BCUT2D eigenvalue weighted by Crippen LogP contribution is -2.23. The summed E-state index contributed by atoms with van der Waals surface area (Å²) >= 11 is 9.26. The van der Waals surface area contributed by atoms with E-state index in [1.54, 1.807) is 12.1 Å². The Morgan fingerprint density at radius 2 is 1.78 bits per heavy atom. The first kappa shape index (κ1) is 18.4. The molecule has 0 radical (unpaired) electrons. The van der Waals surface area contributed by atoms with E-state index in [1.807, 2.05) is 31.2 Å². The fourth-order valence-corrected chi connectivity index (χ4v) is 3.98. The van der Waals surface area contributed by atoms with Crippen molar-refractivity contribution < 1.29 is 13.2 Å². The van der Waals surface area contributed by atoms with Gasteiger partial charge in [-0.3, -0.25) is 0 Å². The van der Waals surface area contributed by atoms with Crippen LogP contribution in [0.3, 0.4) is 0 Å². The van der Waals surface area contributed by atoms with Gasteiger partial charge in [-0.2, -0.15) is 0 Å². The number of rotatable bonds is 7. The van der Waals surface area contributed by atoms with E-state index < -0.39 is 10.0 Å². The molecule has 0 saturated heterocycles. The third-order valence-electron chi connectivity index (χ3n) is 3.15. The summed E-state index contributed by atoms with van der Waals surface area (Å²) in [6.45, 7) is 3.35. The molecule has 23 heavy (non-hydrogen) atoms. The first-order valence-corrected chi connectivity index (χ1v) is 9.68. The number of nitrogens with one attached hydrogen (secondary N) is 1. The SMILES string of the molecule is CCOCc1ccc(CNS(=O)(=O)c2ccc(Br)cc2Cl)cc1. The van der Waals surface area contributed by atoms with Crippen LogP contribution in [0.5, 0.6) is 0 Å². The Hall–Kier alpha value is -0.920. The Bertz CT molecular complexity index is 763. The number of halogens is 2. The van der Waals surface area contributed by atoms with Crippen molar-refractivity contribution in [1.82, 2.24) is 4.72 Å². The number of benzene rings is 2. The minimum Gasteiger partial charge on any atom is -0.377 e. The summed E-state index contributed by atoms with van der Waals surface area (Å²) in [5.41, 5.74) is 1.91. The molecule has 124 valence electrons. The first-order chi connectivity index (χ1) is 10.9. The smallest absolute Gasteiger partial charge is 0.242 e. The van der Waals surface area contributed by atoms with Crippen LogP contribution in [0.15, 0.2) is 51.8 Å². The second-order valence-corrected chi connectivity index (χ2v) is 7.91. The third kappa shape index (κ3) is 5.29. The van der Waals surface area contributed by atoms with E-state index in [0.717, 1.165) is 15.6 Å². The van der Waals surface area contributed by atoms with Crippen LogP contribution in [-0.4, -0.2) is 15.0 Å². The van der Waals surface area contributed by atoms with Crippen LogP contribution >= 0.6 is 27.5 Å². The van der Waals surface area contributed by atoms with Gasteiger partial charge >= 0.3 is 0 Å². The standard InChI is InChI=1S/C16H17BrClNO3S/c1-2-22-11-13-5-3-12(4-6-13)10-19-23(20,21)16-8-7-14(17)9-15(16)18/h3-9,19H,2,10-11H2,1H3.